The molecule has 21 heavy (non-hydrogen) atoms. The van der Waals surface area contributed by atoms with Crippen LogP contribution in [0.3, 0.4) is 0 Å². The van der Waals surface area contributed by atoms with Gasteiger partial charge in [-0.1, -0.05) is 18.2 Å². The average molecular weight is 308 g/mol. The van der Waals surface area contributed by atoms with Crippen LogP contribution in [0.25, 0.3) is 0 Å². The molecule has 1 N–H and O–H groups in total. The smallest absolute Gasteiger partial charge is 0.123 e. The first-order valence-corrected chi connectivity index (χ1v) is 6.92. The van der Waals surface area contributed by atoms with Crippen LogP contribution in [-0.4, -0.2) is 29.5 Å². The highest BCUT2D eigenvalue weighted by atomic mass is 35.5. The summed E-state index contributed by atoms with van der Waals surface area (Å²) in [6.45, 7) is 3.73. The van der Waals surface area contributed by atoms with Gasteiger partial charge in [-0.05, 0) is 29.3 Å². The van der Waals surface area contributed by atoms with E-state index in [4.69, 9.17) is 0 Å². The van der Waals surface area contributed by atoms with Crippen LogP contribution >= 0.6 is 12.4 Å². The van der Waals surface area contributed by atoms with Crippen LogP contribution in [0.2, 0.25) is 0 Å². The fourth-order valence-corrected chi connectivity index (χ4v) is 2.66. The normalized spacial score (nSPS) is 19.0. The van der Waals surface area contributed by atoms with Gasteiger partial charge in [0, 0.05) is 44.6 Å². The molecule has 5 heteroatoms. The molecular weight excluding hydrogens is 289 g/mol. The minimum absolute atomic E-state index is 0. The maximum absolute atomic E-state index is 13.0. The molecule has 1 fully saturated rings. The molecule has 3 rings (SSSR count). The van der Waals surface area contributed by atoms with E-state index in [1.54, 1.807) is 6.20 Å². The van der Waals surface area contributed by atoms with Gasteiger partial charge >= 0.3 is 0 Å². The van der Waals surface area contributed by atoms with Gasteiger partial charge in [-0.15, -0.1) is 12.4 Å². The molecule has 1 aliphatic rings. The molecule has 1 aromatic heterocycles. The largest absolute Gasteiger partial charge is 0.314 e. The van der Waals surface area contributed by atoms with Crippen molar-refractivity contribution in [2.24, 2.45) is 0 Å². The van der Waals surface area contributed by atoms with Gasteiger partial charge in [-0.25, -0.2) is 4.39 Å². The summed E-state index contributed by atoms with van der Waals surface area (Å²) >= 11 is 0. The molecule has 1 atom stereocenters. The predicted octanol–water partition coefficient (Wildman–Crippen LogP) is 2.79. The van der Waals surface area contributed by atoms with Gasteiger partial charge in [0.05, 0.1) is 0 Å². The van der Waals surface area contributed by atoms with Crippen LogP contribution < -0.4 is 5.32 Å². The van der Waals surface area contributed by atoms with E-state index in [2.05, 4.69) is 21.3 Å². The van der Waals surface area contributed by atoms with E-state index >= 15 is 0 Å². The summed E-state index contributed by atoms with van der Waals surface area (Å²) in [4.78, 5) is 6.63. The molecule has 0 amide bonds. The number of nitrogens with zero attached hydrogens (tertiary/aromatic N) is 2. The fourth-order valence-electron chi connectivity index (χ4n) is 2.66. The number of halogens is 2. The van der Waals surface area contributed by atoms with Crippen LogP contribution in [0.4, 0.5) is 4.39 Å². The maximum Gasteiger partial charge on any atom is 0.123 e. The van der Waals surface area contributed by atoms with Crippen molar-refractivity contribution in [3.63, 3.8) is 0 Å². The Morgan fingerprint density at radius 3 is 2.76 bits per heavy atom. The Hall–Kier alpha value is -1.49. The number of nitrogens with one attached hydrogen (secondary N) is 1. The van der Waals surface area contributed by atoms with E-state index in [1.165, 1.54) is 17.7 Å². The summed E-state index contributed by atoms with van der Waals surface area (Å²) in [6, 6.07) is 11.2. The van der Waals surface area contributed by atoms with Crippen LogP contribution in [0.5, 0.6) is 0 Å². The first-order chi connectivity index (χ1) is 9.83. The highest BCUT2D eigenvalue weighted by Gasteiger charge is 2.23. The Balaban J connectivity index is 0.00000161. The molecular formula is C16H19ClFN3. The van der Waals surface area contributed by atoms with Crippen molar-refractivity contribution in [2.75, 3.05) is 19.6 Å². The van der Waals surface area contributed by atoms with Gasteiger partial charge in [0.2, 0.25) is 0 Å². The Morgan fingerprint density at radius 2 is 2.05 bits per heavy atom. The second kappa shape index (κ2) is 7.50. The van der Waals surface area contributed by atoms with Gasteiger partial charge in [0.25, 0.3) is 0 Å². The second-order valence-electron chi connectivity index (χ2n) is 5.10. The fraction of sp³-hybridized carbons (Fsp3) is 0.312. The van der Waals surface area contributed by atoms with E-state index in [0.29, 0.717) is 6.04 Å². The lowest BCUT2D eigenvalue weighted by molar-refractivity contribution is 0.153. The van der Waals surface area contributed by atoms with Crippen LogP contribution in [0, 0.1) is 5.82 Å². The van der Waals surface area contributed by atoms with Gasteiger partial charge < -0.3 is 5.32 Å². The summed E-state index contributed by atoms with van der Waals surface area (Å²) in [5.74, 6) is -0.183. The zero-order valence-corrected chi connectivity index (χ0v) is 12.5. The zero-order chi connectivity index (χ0) is 13.8. The Labute approximate surface area is 130 Å². The number of hydrogen-bond donors (Lipinski definition) is 1. The number of rotatable bonds is 3. The zero-order valence-electron chi connectivity index (χ0n) is 11.7. The Bertz CT molecular complexity index is 547. The van der Waals surface area contributed by atoms with E-state index in [0.717, 1.165) is 31.7 Å². The SMILES string of the molecule is Cl.Fc1ccc(CN2CCNCC2c2cccnc2)cc1. The highest BCUT2D eigenvalue weighted by Crippen LogP contribution is 2.23. The number of pyridine rings is 1. The monoisotopic (exact) mass is 307 g/mol. The summed E-state index contributed by atoms with van der Waals surface area (Å²) in [7, 11) is 0. The molecule has 0 radical (unpaired) electrons. The molecule has 0 bridgehead atoms. The minimum Gasteiger partial charge on any atom is -0.314 e. The van der Waals surface area contributed by atoms with Crippen molar-refractivity contribution in [2.45, 2.75) is 12.6 Å². The van der Waals surface area contributed by atoms with Crippen molar-refractivity contribution in [1.29, 1.82) is 0 Å². The van der Waals surface area contributed by atoms with Gasteiger partial charge in [0.1, 0.15) is 5.82 Å². The summed E-state index contributed by atoms with van der Waals surface area (Å²) < 4.78 is 13.0. The standard InChI is InChI=1S/C16H18FN3.ClH/c17-15-5-3-13(4-6-15)12-20-9-8-19-11-16(20)14-2-1-7-18-10-14;/h1-7,10,16,19H,8-9,11-12H2;1H. The first-order valence-electron chi connectivity index (χ1n) is 6.92. The molecule has 2 heterocycles. The van der Waals surface area contributed by atoms with E-state index in [-0.39, 0.29) is 18.2 Å². The molecule has 0 aliphatic carbocycles. The topological polar surface area (TPSA) is 28.2 Å². The molecule has 1 unspecified atom stereocenters. The highest BCUT2D eigenvalue weighted by molar-refractivity contribution is 5.85. The quantitative estimate of drug-likeness (QED) is 0.945. The summed E-state index contributed by atoms with van der Waals surface area (Å²) in [6.07, 6.45) is 3.72. The third-order valence-electron chi connectivity index (χ3n) is 3.72. The first kappa shape index (κ1) is 15.9. The second-order valence-corrected chi connectivity index (χ2v) is 5.10. The molecule has 112 valence electrons. The van der Waals surface area contributed by atoms with Gasteiger partial charge in [-0.2, -0.15) is 0 Å². The maximum atomic E-state index is 13.0. The summed E-state index contributed by atoms with van der Waals surface area (Å²) in [5, 5.41) is 3.43. The molecule has 3 nitrogen and oxygen atoms in total. The number of piperazine rings is 1. The van der Waals surface area contributed by atoms with Crippen LogP contribution in [-0.2, 0) is 6.54 Å². The number of aromatic nitrogens is 1. The van der Waals surface area contributed by atoms with E-state index < -0.39 is 0 Å². The van der Waals surface area contributed by atoms with Crippen molar-refractivity contribution in [1.82, 2.24) is 15.2 Å². The molecule has 1 aliphatic heterocycles. The Morgan fingerprint density at radius 1 is 1.24 bits per heavy atom. The summed E-state index contributed by atoms with van der Waals surface area (Å²) in [5.41, 5.74) is 2.36. The number of hydrogen-bond acceptors (Lipinski definition) is 3. The van der Waals surface area contributed by atoms with Crippen molar-refractivity contribution in [3.05, 3.63) is 65.7 Å². The molecule has 0 saturated carbocycles. The third-order valence-corrected chi connectivity index (χ3v) is 3.72. The lowest BCUT2D eigenvalue weighted by atomic mass is 10.0. The van der Waals surface area contributed by atoms with E-state index in [1.807, 2.05) is 24.4 Å². The van der Waals surface area contributed by atoms with Crippen LogP contribution in [0.15, 0.2) is 48.8 Å². The van der Waals surface area contributed by atoms with Gasteiger partial charge in [-0.3, -0.25) is 9.88 Å². The van der Waals surface area contributed by atoms with Crippen molar-refractivity contribution < 1.29 is 4.39 Å². The lowest BCUT2D eigenvalue weighted by Gasteiger charge is -2.36. The molecule has 2 aromatic rings. The van der Waals surface area contributed by atoms with Gasteiger partial charge in [0.15, 0.2) is 0 Å². The molecule has 1 aromatic carbocycles. The van der Waals surface area contributed by atoms with Crippen molar-refractivity contribution >= 4 is 12.4 Å². The van der Waals surface area contributed by atoms with E-state index in [9.17, 15) is 4.39 Å². The molecule has 0 spiro atoms. The number of benzene rings is 1. The Kier molecular flexibility index (Phi) is 5.67. The molecule has 1 saturated heterocycles. The lowest BCUT2D eigenvalue weighted by Crippen LogP contribution is -2.45. The van der Waals surface area contributed by atoms with Crippen LogP contribution in [0.1, 0.15) is 17.2 Å². The average Bonchev–Trinajstić information content (AvgIpc) is 2.51. The third kappa shape index (κ3) is 4.00. The van der Waals surface area contributed by atoms with Crippen molar-refractivity contribution in [3.8, 4) is 0 Å². The minimum atomic E-state index is -0.183. The predicted molar refractivity (Wildman–Crippen MR) is 83.9 cm³/mol.